The van der Waals surface area contributed by atoms with Gasteiger partial charge in [0.1, 0.15) is 11.3 Å². The van der Waals surface area contributed by atoms with Crippen molar-refractivity contribution in [2.24, 2.45) is 0 Å². The molecule has 0 aliphatic rings. The van der Waals surface area contributed by atoms with E-state index in [1.54, 1.807) is 6.07 Å². The van der Waals surface area contributed by atoms with Gasteiger partial charge in [-0.3, -0.25) is 0 Å². The normalized spacial score (nSPS) is 10.1. The van der Waals surface area contributed by atoms with Crippen molar-refractivity contribution in [2.75, 3.05) is 13.7 Å². The summed E-state index contributed by atoms with van der Waals surface area (Å²) in [7, 11) is 1.37. The van der Waals surface area contributed by atoms with Crippen LogP contribution in [0.3, 0.4) is 0 Å². The summed E-state index contributed by atoms with van der Waals surface area (Å²) < 4.78 is 11.5. The quantitative estimate of drug-likeness (QED) is 0.585. The van der Waals surface area contributed by atoms with E-state index in [0.717, 1.165) is 9.99 Å². The SMILES string of the molecule is COC(=O)c1ccc(I)cc1OCCc1ccccc1. The fraction of sp³-hybridized carbons (Fsp3) is 0.188. The van der Waals surface area contributed by atoms with Crippen molar-refractivity contribution in [3.05, 3.63) is 63.2 Å². The summed E-state index contributed by atoms with van der Waals surface area (Å²) in [6, 6.07) is 15.5. The molecule has 0 fully saturated rings. The molecule has 0 saturated heterocycles. The summed E-state index contributed by atoms with van der Waals surface area (Å²) in [5, 5.41) is 0. The molecule has 2 rings (SSSR count). The van der Waals surface area contributed by atoms with Crippen LogP contribution in [0, 0.1) is 3.57 Å². The number of rotatable bonds is 5. The van der Waals surface area contributed by atoms with Crippen molar-refractivity contribution in [3.8, 4) is 5.75 Å². The number of benzene rings is 2. The van der Waals surface area contributed by atoms with Crippen LogP contribution in [0.2, 0.25) is 0 Å². The van der Waals surface area contributed by atoms with Gasteiger partial charge in [-0.05, 0) is 46.4 Å². The molecule has 0 saturated carbocycles. The van der Waals surface area contributed by atoms with Gasteiger partial charge < -0.3 is 9.47 Å². The second-order valence-electron chi connectivity index (χ2n) is 4.22. The lowest BCUT2D eigenvalue weighted by Crippen LogP contribution is -2.08. The first-order chi connectivity index (χ1) is 9.70. The number of hydrogen-bond acceptors (Lipinski definition) is 3. The molecule has 2 aromatic carbocycles. The first-order valence-electron chi connectivity index (χ1n) is 6.25. The number of carbonyl (C=O) groups excluding carboxylic acids is 1. The first kappa shape index (κ1) is 14.8. The Morgan fingerprint density at radius 2 is 1.90 bits per heavy atom. The molecular weight excluding hydrogens is 367 g/mol. The van der Waals surface area contributed by atoms with E-state index in [4.69, 9.17) is 9.47 Å². The van der Waals surface area contributed by atoms with Crippen LogP contribution >= 0.6 is 22.6 Å². The van der Waals surface area contributed by atoms with Crippen LogP contribution in [0.4, 0.5) is 0 Å². The van der Waals surface area contributed by atoms with Gasteiger partial charge in [0.25, 0.3) is 0 Å². The molecule has 0 aliphatic heterocycles. The van der Waals surface area contributed by atoms with Crippen LogP contribution in [0.5, 0.6) is 5.75 Å². The Bertz CT molecular complexity index is 582. The van der Waals surface area contributed by atoms with E-state index in [9.17, 15) is 4.79 Å². The number of esters is 1. The molecule has 20 heavy (non-hydrogen) atoms. The Kier molecular flexibility index (Phi) is 5.40. The molecule has 0 spiro atoms. The second-order valence-corrected chi connectivity index (χ2v) is 5.46. The third kappa shape index (κ3) is 3.96. The van der Waals surface area contributed by atoms with Crippen molar-refractivity contribution in [3.63, 3.8) is 0 Å². The van der Waals surface area contributed by atoms with Crippen molar-refractivity contribution >= 4 is 28.6 Å². The third-order valence-corrected chi connectivity index (χ3v) is 3.51. The maximum Gasteiger partial charge on any atom is 0.341 e. The fourth-order valence-corrected chi connectivity index (χ4v) is 2.28. The molecule has 0 bridgehead atoms. The molecule has 0 unspecified atom stereocenters. The average molecular weight is 382 g/mol. The summed E-state index contributed by atoms with van der Waals surface area (Å²) in [6.07, 6.45) is 0.799. The van der Waals surface area contributed by atoms with Gasteiger partial charge in [0.15, 0.2) is 0 Å². The largest absolute Gasteiger partial charge is 0.492 e. The van der Waals surface area contributed by atoms with Gasteiger partial charge >= 0.3 is 5.97 Å². The van der Waals surface area contributed by atoms with Crippen LogP contribution in [-0.2, 0) is 11.2 Å². The van der Waals surface area contributed by atoms with E-state index in [-0.39, 0.29) is 5.97 Å². The molecule has 0 aliphatic carbocycles. The van der Waals surface area contributed by atoms with E-state index in [1.807, 2.05) is 30.3 Å². The predicted molar refractivity (Wildman–Crippen MR) is 86.1 cm³/mol. The zero-order valence-electron chi connectivity index (χ0n) is 11.1. The Labute approximate surface area is 132 Å². The Morgan fingerprint density at radius 3 is 2.60 bits per heavy atom. The predicted octanol–water partition coefficient (Wildman–Crippen LogP) is 3.70. The molecule has 0 aromatic heterocycles. The van der Waals surface area contributed by atoms with E-state index < -0.39 is 0 Å². The van der Waals surface area contributed by atoms with Gasteiger partial charge in [-0.25, -0.2) is 4.79 Å². The third-order valence-electron chi connectivity index (χ3n) is 2.84. The lowest BCUT2D eigenvalue weighted by atomic mass is 10.1. The number of hydrogen-bond donors (Lipinski definition) is 0. The molecule has 4 heteroatoms. The lowest BCUT2D eigenvalue weighted by molar-refractivity contribution is 0.0596. The van der Waals surface area contributed by atoms with E-state index in [2.05, 4.69) is 34.7 Å². The topological polar surface area (TPSA) is 35.5 Å². The van der Waals surface area contributed by atoms with Crippen molar-refractivity contribution in [1.29, 1.82) is 0 Å². The van der Waals surface area contributed by atoms with Gasteiger partial charge in [0.2, 0.25) is 0 Å². The van der Waals surface area contributed by atoms with E-state index >= 15 is 0 Å². The summed E-state index contributed by atoms with van der Waals surface area (Å²) in [5.74, 6) is 0.191. The monoisotopic (exact) mass is 382 g/mol. The molecule has 0 heterocycles. The fourth-order valence-electron chi connectivity index (χ4n) is 1.82. The van der Waals surface area contributed by atoms with E-state index in [1.165, 1.54) is 12.7 Å². The highest BCUT2D eigenvalue weighted by Gasteiger charge is 2.13. The highest BCUT2D eigenvalue weighted by atomic mass is 127. The zero-order valence-corrected chi connectivity index (χ0v) is 13.3. The van der Waals surface area contributed by atoms with Gasteiger partial charge in [0.05, 0.1) is 13.7 Å². The molecule has 0 atom stereocenters. The molecule has 104 valence electrons. The molecule has 3 nitrogen and oxygen atoms in total. The Morgan fingerprint density at radius 1 is 1.15 bits per heavy atom. The molecule has 0 radical (unpaired) electrons. The number of ether oxygens (including phenoxy) is 2. The van der Waals surface area contributed by atoms with Crippen molar-refractivity contribution in [2.45, 2.75) is 6.42 Å². The maximum absolute atomic E-state index is 11.7. The van der Waals surface area contributed by atoms with Gasteiger partial charge in [-0.2, -0.15) is 0 Å². The number of methoxy groups -OCH3 is 1. The summed E-state index contributed by atoms with van der Waals surface area (Å²) in [6.45, 7) is 0.522. The molecule has 0 N–H and O–H groups in total. The van der Waals surface area contributed by atoms with Gasteiger partial charge in [0, 0.05) is 9.99 Å². The van der Waals surface area contributed by atoms with Crippen LogP contribution in [-0.4, -0.2) is 19.7 Å². The number of carbonyl (C=O) groups is 1. The second kappa shape index (κ2) is 7.28. The minimum Gasteiger partial charge on any atom is -0.492 e. The van der Waals surface area contributed by atoms with Crippen molar-refractivity contribution in [1.82, 2.24) is 0 Å². The van der Waals surface area contributed by atoms with Crippen molar-refractivity contribution < 1.29 is 14.3 Å². The minimum atomic E-state index is -0.379. The van der Waals surface area contributed by atoms with Crippen LogP contribution in [0.15, 0.2) is 48.5 Å². The Balaban J connectivity index is 2.05. The number of halogens is 1. The Hall–Kier alpha value is -1.56. The minimum absolute atomic E-state index is 0.379. The highest BCUT2D eigenvalue weighted by molar-refractivity contribution is 14.1. The van der Waals surface area contributed by atoms with Crippen LogP contribution in [0.1, 0.15) is 15.9 Å². The highest BCUT2D eigenvalue weighted by Crippen LogP contribution is 2.22. The first-order valence-corrected chi connectivity index (χ1v) is 7.33. The average Bonchev–Trinajstić information content (AvgIpc) is 2.48. The summed E-state index contributed by atoms with van der Waals surface area (Å²) in [5.41, 5.74) is 1.67. The maximum atomic E-state index is 11.7. The molecular formula is C16H15IO3. The zero-order chi connectivity index (χ0) is 14.4. The molecule has 0 amide bonds. The van der Waals surface area contributed by atoms with E-state index in [0.29, 0.717) is 17.9 Å². The summed E-state index contributed by atoms with van der Waals surface area (Å²) in [4.78, 5) is 11.7. The van der Waals surface area contributed by atoms with Gasteiger partial charge in [-0.1, -0.05) is 30.3 Å². The smallest absolute Gasteiger partial charge is 0.341 e. The van der Waals surface area contributed by atoms with Crippen LogP contribution in [0.25, 0.3) is 0 Å². The van der Waals surface area contributed by atoms with Gasteiger partial charge in [-0.15, -0.1) is 0 Å². The standard InChI is InChI=1S/C16H15IO3/c1-19-16(18)14-8-7-13(17)11-15(14)20-10-9-12-5-3-2-4-6-12/h2-8,11H,9-10H2,1H3. The molecule has 2 aromatic rings. The lowest BCUT2D eigenvalue weighted by Gasteiger charge is -2.10. The summed E-state index contributed by atoms with van der Waals surface area (Å²) >= 11 is 2.19. The van der Waals surface area contributed by atoms with Crippen LogP contribution < -0.4 is 4.74 Å².